The molecule has 31 heavy (non-hydrogen) atoms. The van der Waals surface area contributed by atoms with Crippen LogP contribution in [0.4, 0.5) is 18.9 Å². The quantitative estimate of drug-likeness (QED) is 0.475. The monoisotopic (exact) mass is 477 g/mol. The average Bonchev–Trinajstić information content (AvgIpc) is 2.71. The van der Waals surface area contributed by atoms with Gasteiger partial charge in [-0.05, 0) is 49.0 Å². The second-order valence-corrected chi connectivity index (χ2v) is 8.32. The van der Waals surface area contributed by atoms with Gasteiger partial charge in [0.15, 0.2) is 0 Å². The summed E-state index contributed by atoms with van der Waals surface area (Å²) in [5.74, 6) is -5.09. The van der Waals surface area contributed by atoms with E-state index in [4.69, 9.17) is 23.2 Å². The van der Waals surface area contributed by atoms with E-state index in [1.54, 1.807) is 25.1 Å². The van der Waals surface area contributed by atoms with Crippen molar-refractivity contribution in [1.82, 2.24) is 0 Å². The first kappa shape index (κ1) is 25.3. The van der Waals surface area contributed by atoms with E-state index in [1.165, 1.54) is 19.3 Å². The highest BCUT2D eigenvalue weighted by Gasteiger charge is 2.47. The van der Waals surface area contributed by atoms with Crippen LogP contribution < -0.4 is 5.32 Å². The van der Waals surface area contributed by atoms with Gasteiger partial charge in [0, 0.05) is 11.5 Å². The van der Waals surface area contributed by atoms with Gasteiger partial charge in [-0.25, -0.2) is 0 Å². The molecule has 1 aliphatic rings. The Kier molecular flexibility index (Phi) is 8.60. The van der Waals surface area contributed by atoms with E-state index in [-0.39, 0.29) is 23.6 Å². The lowest BCUT2D eigenvalue weighted by Crippen LogP contribution is -2.40. The summed E-state index contributed by atoms with van der Waals surface area (Å²) in [5, 5.41) is 3.23. The zero-order valence-corrected chi connectivity index (χ0v) is 18.9. The van der Waals surface area contributed by atoms with Crippen molar-refractivity contribution in [2.24, 2.45) is 17.8 Å². The molecular formula is C22H24Cl2F3NO3. The molecule has 0 fully saturated rings. The molecule has 2 rings (SSSR count). The standard InChI is InChI=1S/C22H24Cl2F3NO3/c1-12-14(7-11-18(29)31-3)6-10-17(24)20(12)28-21(30)19(13(2)22(25,26)27)15-4-8-16(23)9-5-15/h4,6,8-10,13,15,19H,5,7,11H2,1-3H3,(H,28,30)/t13-,15?,19+/m1/s1. The highest BCUT2D eigenvalue weighted by atomic mass is 35.5. The molecular weight excluding hydrogens is 454 g/mol. The summed E-state index contributed by atoms with van der Waals surface area (Å²) in [6.45, 7) is 2.69. The SMILES string of the molecule is COC(=O)CCc1ccc(Cl)c(NC(=O)[C@H](C2C=CC(Cl)=CC2)[C@@H](C)C(F)(F)F)c1C. The van der Waals surface area contributed by atoms with Crippen molar-refractivity contribution in [3.05, 3.63) is 51.5 Å². The highest BCUT2D eigenvalue weighted by molar-refractivity contribution is 6.34. The third-order valence-corrected chi connectivity index (χ3v) is 6.10. The minimum Gasteiger partial charge on any atom is -0.469 e. The van der Waals surface area contributed by atoms with Gasteiger partial charge in [-0.15, -0.1) is 0 Å². The van der Waals surface area contributed by atoms with Crippen LogP contribution in [0.2, 0.25) is 5.02 Å². The average molecular weight is 478 g/mol. The number of hydrogen-bond acceptors (Lipinski definition) is 3. The maximum absolute atomic E-state index is 13.5. The Balaban J connectivity index is 2.32. The minimum absolute atomic E-state index is 0.125. The summed E-state index contributed by atoms with van der Waals surface area (Å²) < 4.78 is 45.3. The zero-order chi connectivity index (χ0) is 23.3. The Morgan fingerprint density at radius 2 is 1.97 bits per heavy atom. The minimum atomic E-state index is -4.55. The number of aryl methyl sites for hydroxylation is 1. The maximum atomic E-state index is 13.5. The van der Waals surface area contributed by atoms with Gasteiger partial charge in [-0.3, -0.25) is 9.59 Å². The lowest BCUT2D eigenvalue weighted by molar-refractivity contribution is -0.188. The van der Waals surface area contributed by atoms with Gasteiger partial charge in [0.05, 0.1) is 29.7 Å². The van der Waals surface area contributed by atoms with E-state index in [0.29, 0.717) is 17.0 Å². The molecule has 1 amide bonds. The van der Waals surface area contributed by atoms with E-state index in [9.17, 15) is 22.8 Å². The van der Waals surface area contributed by atoms with Crippen LogP contribution in [0, 0.1) is 24.7 Å². The molecule has 170 valence electrons. The van der Waals surface area contributed by atoms with Gasteiger partial charge >= 0.3 is 12.1 Å². The van der Waals surface area contributed by atoms with Crippen LogP contribution in [0.5, 0.6) is 0 Å². The molecule has 4 nitrogen and oxygen atoms in total. The van der Waals surface area contributed by atoms with Crippen LogP contribution in [-0.2, 0) is 20.7 Å². The third-order valence-electron chi connectivity index (χ3n) is 5.51. The van der Waals surface area contributed by atoms with Crippen molar-refractivity contribution in [2.45, 2.75) is 39.3 Å². The molecule has 0 aliphatic heterocycles. The van der Waals surface area contributed by atoms with Crippen molar-refractivity contribution in [3.8, 4) is 0 Å². The van der Waals surface area contributed by atoms with Crippen LogP contribution >= 0.6 is 23.2 Å². The van der Waals surface area contributed by atoms with Crippen LogP contribution in [0.3, 0.4) is 0 Å². The van der Waals surface area contributed by atoms with Gasteiger partial charge in [0.25, 0.3) is 0 Å². The van der Waals surface area contributed by atoms with E-state index in [2.05, 4.69) is 10.1 Å². The number of carbonyl (C=O) groups excluding carboxylic acids is 2. The van der Waals surface area contributed by atoms with Crippen LogP contribution in [0.1, 0.15) is 30.9 Å². The number of benzene rings is 1. The van der Waals surface area contributed by atoms with Crippen molar-refractivity contribution >= 4 is 40.8 Å². The first-order valence-electron chi connectivity index (χ1n) is 9.72. The second kappa shape index (κ2) is 10.6. The molecule has 1 aromatic rings. The summed E-state index contributed by atoms with van der Waals surface area (Å²) in [6.07, 6.45) is 0.777. The molecule has 1 unspecified atom stereocenters. The second-order valence-electron chi connectivity index (χ2n) is 7.48. The van der Waals surface area contributed by atoms with Crippen molar-refractivity contribution < 1.29 is 27.5 Å². The van der Waals surface area contributed by atoms with E-state index in [1.807, 2.05) is 0 Å². The smallest absolute Gasteiger partial charge is 0.392 e. The van der Waals surface area contributed by atoms with Crippen LogP contribution in [0.25, 0.3) is 0 Å². The lowest BCUT2D eigenvalue weighted by Gasteiger charge is -2.31. The van der Waals surface area contributed by atoms with Crippen molar-refractivity contribution in [3.63, 3.8) is 0 Å². The fraction of sp³-hybridized carbons (Fsp3) is 0.455. The molecule has 0 heterocycles. The van der Waals surface area contributed by atoms with Crippen LogP contribution in [0.15, 0.2) is 35.4 Å². The molecule has 0 saturated heterocycles. The predicted octanol–water partition coefficient (Wildman–Crippen LogP) is 6.21. The van der Waals surface area contributed by atoms with Gasteiger partial charge in [-0.1, -0.05) is 48.3 Å². The number of alkyl halides is 3. The number of ether oxygens (including phenoxy) is 1. The molecule has 1 N–H and O–H groups in total. The highest BCUT2D eigenvalue weighted by Crippen LogP contribution is 2.40. The fourth-order valence-electron chi connectivity index (χ4n) is 3.56. The van der Waals surface area contributed by atoms with E-state index >= 15 is 0 Å². The lowest BCUT2D eigenvalue weighted by atomic mass is 9.78. The van der Waals surface area contributed by atoms with E-state index < -0.39 is 35.8 Å². The predicted molar refractivity (Wildman–Crippen MR) is 115 cm³/mol. The summed E-state index contributed by atoms with van der Waals surface area (Å²) in [5.41, 5.74) is 1.56. The number of hydrogen-bond donors (Lipinski definition) is 1. The molecule has 9 heteroatoms. The molecule has 0 radical (unpaired) electrons. The topological polar surface area (TPSA) is 55.4 Å². The van der Waals surface area contributed by atoms with Gasteiger partial charge < -0.3 is 10.1 Å². The molecule has 1 aliphatic carbocycles. The molecule has 0 bridgehead atoms. The van der Waals surface area contributed by atoms with Gasteiger partial charge in [0.1, 0.15) is 0 Å². The number of allylic oxidation sites excluding steroid dienone is 4. The third kappa shape index (κ3) is 6.50. The summed E-state index contributed by atoms with van der Waals surface area (Å²) >= 11 is 12.1. The Bertz CT molecular complexity index is 897. The Labute approximate surface area is 189 Å². The Morgan fingerprint density at radius 1 is 1.29 bits per heavy atom. The first-order chi connectivity index (χ1) is 14.5. The Morgan fingerprint density at radius 3 is 2.52 bits per heavy atom. The molecule has 3 atom stereocenters. The van der Waals surface area contributed by atoms with Gasteiger partial charge in [0.2, 0.25) is 5.91 Å². The molecule has 0 saturated carbocycles. The summed E-state index contributed by atoms with van der Waals surface area (Å²) in [6, 6.07) is 3.25. The number of rotatable bonds is 7. The summed E-state index contributed by atoms with van der Waals surface area (Å²) in [7, 11) is 1.28. The number of amides is 1. The number of esters is 1. The first-order valence-corrected chi connectivity index (χ1v) is 10.5. The van der Waals surface area contributed by atoms with Crippen molar-refractivity contribution in [2.75, 3.05) is 12.4 Å². The molecule has 0 spiro atoms. The van der Waals surface area contributed by atoms with E-state index in [0.717, 1.165) is 12.5 Å². The normalized spacial score (nSPS) is 18.2. The Hall–Kier alpha value is -1.99. The number of halogens is 5. The molecule has 1 aromatic carbocycles. The van der Waals surface area contributed by atoms with Crippen molar-refractivity contribution in [1.29, 1.82) is 0 Å². The maximum Gasteiger partial charge on any atom is 0.392 e. The number of methoxy groups -OCH3 is 1. The van der Waals surface area contributed by atoms with Crippen LogP contribution in [-0.4, -0.2) is 25.2 Å². The fourth-order valence-corrected chi connectivity index (χ4v) is 3.98. The largest absolute Gasteiger partial charge is 0.469 e. The van der Waals surface area contributed by atoms with Gasteiger partial charge in [-0.2, -0.15) is 13.2 Å². The number of nitrogens with one attached hydrogen (secondary N) is 1. The number of anilines is 1. The molecule has 0 aromatic heterocycles. The summed E-state index contributed by atoms with van der Waals surface area (Å²) in [4.78, 5) is 24.5. The number of carbonyl (C=O) groups is 2. The zero-order valence-electron chi connectivity index (χ0n) is 17.4.